The van der Waals surface area contributed by atoms with Crippen molar-refractivity contribution in [3.63, 3.8) is 0 Å². The second kappa shape index (κ2) is 24.0. The van der Waals surface area contributed by atoms with E-state index < -0.39 is 62.8 Å². The minimum absolute atomic E-state index is 0.0240. The van der Waals surface area contributed by atoms with Crippen LogP contribution in [0, 0.1) is 13.8 Å². The Morgan fingerprint density at radius 2 is 0.928 bits per heavy atom. The van der Waals surface area contributed by atoms with Crippen LogP contribution in [0.2, 0.25) is 0 Å². The fraction of sp³-hybridized carbons (Fsp3) is 0.200. The molecule has 0 unspecified atom stereocenters. The molecule has 12 nitrogen and oxygen atoms in total. The van der Waals surface area contributed by atoms with Crippen molar-refractivity contribution in [2.24, 2.45) is 0 Å². The lowest BCUT2D eigenvalue weighted by Crippen LogP contribution is -2.60. The number of benzene rings is 7. The number of carbonyl (C=O) groups is 2. The molecule has 1 amide bonds. The highest BCUT2D eigenvalue weighted by atomic mass is 32.2. The van der Waals surface area contributed by atoms with Gasteiger partial charge in [0.1, 0.15) is 12.2 Å². The van der Waals surface area contributed by atoms with Crippen molar-refractivity contribution in [3.8, 4) is 0 Å². The Morgan fingerprint density at radius 1 is 0.507 bits per heavy atom. The molecule has 1 N–H and O–H groups in total. The summed E-state index contributed by atoms with van der Waals surface area (Å²) in [7, 11) is -9.30. The maximum absolute atomic E-state index is 15.0. The number of esters is 1. The van der Waals surface area contributed by atoms with E-state index >= 15 is 8.42 Å². The van der Waals surface area contributed by atoms with Gasteiger partial charge in [-0.3, -0.25) is 4.79 Å². The normalized spacial score (nSPS) is 13.4. The smallest absolute Gasteiger partial charge is 0.338 e. The molecule has 0 heterocycles. The SMILES string of the molecule is Cc1ccc(S(=O)(=O)N[C@@H](CN(C(=O)c2ccccc2)S(=O)(=O)c2ccc(C)cc2)[C@@H](OCc2ccccc2)[C@H](OCc2ccccc2)[C@@H](COCc2ccccc2)OC(=O)c2ccccc2)cc1. The number of hydrogen-bond donors (Lipinski definition) is 1. The number of nitrogens with one attached hydrogen (secondary N) is 1. The van der Waals surface area contributed by atoms with E-state index in [-0.39, 0.29) is 47.3 Å². The Hall–Kier alpha value is -6.78. The average molecular weight is 967 g/mol. The number of nitrogens with zero attached hydrogens (tertiary/aromatic N) is 1. The molecule has 7 aromatic rings. The lowest BCUT2D eigenvalue weighted by atomic mass is 10.00. The van der Waals surface area contributed by atoms with Crippen LogP contribution in [0.3, 0.4) is 0 Å². The van der Waals surface area contributed by atoms with Crippen molar-refractivity contribution in [1.82, 2.24) is 9.03 Å². The minimum Gasteiger partial charge on any atom is -0.453 e. The Balaban J connectivity index is 1.42. The third kappa shape index (κ3) is 13.9. The van der Waals surface area contributed by atoms with Crippen LogP contribution < -0.4 is 4.72 Å². The number of amides is 1. The van der Waals surface area contributed by atoms with E-state index in [2.05, 4.69) is 4.72 Å². The Morgan fingerprint density at radius 3 is 1.42 bits per heavy atom. The first-order valence-corrected chi connectivity index (χ1v) is 25.3. The van der Waals surface area contributed by atoms with Gasteiger partial charge in [-0.2, -0.15) is 0 Å². The molecule has 0 bridgehead atoms. The molecule has 0 saturated carbocycles. The fourth-order valence-corrected chi connectivity index (χ4v) is 10.1. The van der Waals surface area contributed by atoms with Gasteiger partial charge in [-0.1, -0.05) is 163 Å². The highest BCUT2D eigenvalue weighted by molar-refractivity contribution is 7.90. The van der Waals surface area contributed by atoms with Crippen LogP contribution >= 0.6 is 0 Å². The van der Waals surface area contributed by atoms with Crippen molar-refractivity contribution >= 4 is 31.9 Å². The Kier molecular flexibility index (Phi) is 17.4. The van der Waals surface area contributed by atoms with Crippen molar-refractivity contribution in [3.05, 3.63) is 239 Å². The van der Waals surface area contributed by atoms with E-state index in [1.165, 1.54) is 36.4 Å². The molecule has 0 aliphatic rings. The summed E-state index contributed by atoms with van der Waals surface area (Å²) < 4.78 is 89.5. The molecule has 0 fully saturated rings. The molecular weight excluding hydrogens is 913 g/mol. The number of carbonyl (C=O) groups excluding carboxylic acids is 2. The highest BCUT2D eigenvalue weighted by Crippen LogP contribution is 2.27. The standard InChI is InChI=1S/C55H54N2O10S2/c1-41-28-32-48(33-29-41)68(60,61)56-50(36-57(54(58)46-24-14-6-15-25-46)69(62,63)49-34-30-42(2)31-35-49)52(65-38-44-20-10-4-11-21-44)53(66-39-45-22-12-5-13-23-45)51(40-64-37-43-18-8-3-9-19-43)67-55(59)47-26-16-7-17-27-47/h3-35,50-53,56H,36-40H2,1-2H3/t50-,51+,52+,53+/m0/s1. The first-order valence-electron chi connectivity index (χ1n) is 22.3. The zero-order valence-electron chi connectivity index (χ0n) is 38.2. The van der Waals surface area contributed by atoms with E-state index in [1.807, 2.05) is 97.9 Å². The summed E-state index contributed by atoms with van der Waals surface area (Å²) in [6, 6.07) is 54.2. The molecule has 4 atom stereocenters. The zero-order chi connectivity index (χ0) is 48.6. The average Bonchev–Trinajstić information content (AvgIpc) is 3.37. The monoisotopic (exact) mass is 966 g/mol. The second-order valence-electron chi connectivity index (χ2n) is 16.4. The van der Waals surface area contributed by atoms with Gasteiger partial charge in [-0.15, -0.1) is 0 Å². The minimum atomic E-state index is -4.75. The molecule has 69 heavy (non-hydrogen) atoms. The Labute approximate surface area is 404 Å². The fourth-order valence-electron chi connectivity index (χ4n) is 7.45. The van der Waals surface area contributed by atoms with Gasteiger partial charge < -0.3 is 18.9 Å². The molecule has 0 aromatic heterocycles. The molecule has 0 aliphatic heterocycles. The van der Waals surface area contributed by atoms with Crippen molar-refractivity contribution in [2.75, 3.05) is 13.2 Å². The maximum atomic E-state index is 15.0. The van der Waals surface area contributed by atoms with Crippen LogP contribution in [0.4, 0.5) is 0 Å². The summed E-state index contributed by atoms with van der Waals surface area (Å²) in [5.74, 6) is -1.67. The van der Waals surface area contributed by atoms with Crippen LogP contribution in [0.15, 0.2) is 210 Å². The van der Waals surface area contributed by atoms with Gasteiger partial charge in [0.05, 0.1) is 54.4 Å². The number of ether oxygens (including phenoxy) is 4. The molecule has 0 aliphatic carbocycles. The van der Waals surface area contributed by atoms with Crippen molar-refractivity contribution in [2.45, 2.75) is 67.8 Å². The summed E-state index contributed by atoms with van der Waals surface area (Å²) in [6.07, 6.45) is -4.29. The second-order valence-corrected chi connectivity index (χ2v) is 20.0. The van der Waals surface area contributed by atoms with E-state index in [1.54, 1.807) is 79.7 Å². The summed E-state index contributed by atoms with van der Waals surface area (Å²) >= 11 is 0. The molecular formula is C55H54N2O10S2. The zero-order valence-corrected chi connectivity index (χ0v) is 39.9. The van der Waals surface area contributed by atoms with Crippen molar-refractivity contribution < 1.29 is 45.4 Å². The van der Waals surface area contributed by atoms with Crippen LogP contribution in [0.25, 0.3) is 0 Å². The summed E-state index contributed by atoms with van der Waals surface area (Å²) in [5.41, 5.74) is 4.02. The van der Waals surface area contributed by atoms with E-state index in [4.69, 9.17) is 18.9 Å². The van der Waals surface area contributed by atoms with E-state index in [0.717, 1.165) is 16.7 Å². The predicted molar refractivity (Wildman–Crippen MR) is 263 cm³/mol. The molecule has 0 radical (unpaired) electrons. The Bertz CT molecular complexity index is 2930. The van der Waals surface area contributed by atoms with Gasteiger partial charge in [-0.25, -0.2) is 30.7 Å². The first kappa shape index (κ1) is 50.1. The van der Waals surface area contributed by atoms with E-state index in [0.29, 0.717) is 15.4 Å². The molecule has 356 valence electrons. The summed E-state index contributed by atoms with van der Waals surface area (Å²) in [4.78, 5) is 28.7. The van der Waals surface area contributed by atoms with Gasteiger partial charge >= 0.3 is 5.97 Å². The van der Waals surface area contributed by atoms with Crippen LogP contribution in [0.1, 0.15) is 48.5 Å². The van der Waals surface area contributed by atoms with Crippen LogP contribution in [0.5, 0.6) is 0 Å². The van der Waals surface area contributed by atoms with E-state index in [9.17, 15) is 18.0 Å². The van der Waals surface area contributed by atoms with Gasteiger partial charge in [0.25, 0.3) is 15.9 Å². The predicted octanol–water partition coefficient (Wildman–Crippen LogP) is 9.09. The third-order valence-corrected chi connectivity index (χ3v) is 14.4. The lowest BCUT2D eigenvalue weighted by Gasteiger charge is -2.39. The number of aryl methyl sites for hydroxylation is 2. The lowest BCUT2D eigenvalue weighted by molar-refractivity contribution is -0.157. The van der Waals surface area contributed by atoms with Crippen LogP contribution in [-0.2, 0) is 58.8 Å². The quantitative estimate of drug-likeness (QED) is 0.0614. The summed E-state index contributed by atoms with van der Waals surface area (Å²) in [5, 5.41) is 0. The molecule has 14 heteroatoms. The van der Waals surface area contributed by atoms with Gasteiger partial charge in [0.2, 0.25) is 10.0 Å². The number of sulfonamides is 2. The maximum Gasteiger partial charge on any atom is 0.338 e. The van der Waals surface area contributed by atoms with Crippen LogP contribution in [-0.4, -0.2) is 70.5 Å². The highest BCUT2D eigenvalue weighted by Gasteiger charge is 2.44. The molecule has 0 spiro atoms. The topological polar surface area (TPSA) is 155 Å². The molecule has 0 saturated heterocycles. The van der Waals surface area contributed by atoms with Gasteiger partial charge in [0, 0.05) is 5.56 Å². The first-order chi connectivity index (χ1) is 33.4. The molecule has 7 rings (SSSR count). The summed E-state index contributed by atoms with van der Waals surface area (Å²) in [6.45, 7) is 2.36. The third-order valence-electron chi connectivity index (χ3n) is 11.2. The largest absolute Gasteiger partial charge is 0.453 e. The van der Waals surface area contributed by atoms with Gasteiger partial charge in [-0.05, 0) is 79.1 Å². The number of rotatable bonds is 23. The molecule has 7 aromatic carbocycles. The van der Waals surface area contributed by atoms with Crippen molar-refractivity contribution in [1.29, 1.82) is 0 Å². The van der Waals surface area contributed by atoms with Gasteiger partial charge in [0.15, 0.2) is 6.10 Å². The number of hydrogen-bond acceptors (Lipinski definition) is 10.